The Morgan fingerprint density at radius 2 is 1.62 bits per heavy atom. The topological polar surface area (TPSA) is 74.4 Å². The Morgan fingerprint density at radius 3 is 2.24 bits per heavy atom. The number of halogens is 1. The number of aromatic nitrogens is 3. The number of H-pyrrole nitrogens is 1. The number of benzene rings is 2. The highest BCUT2D eigenvalue weighted by atomic mass is 19.1. The van der Waals surface area contributed by atoms with Crippen molar-refractivity contribution < 1.29 is 9.13 Å². The van der Waals surface area contributed by atoms with Gasteiger partial charge < -0.3 is 14.5 Å². The van der Waals surface area contributed by atoms with Gasteiger partial charge in [-0.1, -0.05) is 12.1 Å². The summed E-state index contributed by atoms with van der Waals surface area (Å²) in [5.74, 6) is 1.01. The Hall–Kier alpha value is -3.42. The fraction of sp³-hybridized carbons (Fsp3) is 0.286. The highest BCUT2D eigenvalue weighted by molar-refractivity contribution is 5.48. The predicted molar refractivity (Wildman–Crippen MR) is 109 cm³/mol. The standard InChI is InChI=1S/C21H22FN5O2/c1-29-18-8-2-15(3-9-18)14-19-20(28)23-21(25-24-19)27-12-10-26(11-13-27)17-6-4-16(22)5-7-17/h2-9H,10-14H2,1H3,(H,23,25,28). The van der Waals surface area contributed by atoms with Gasteiger partial charge in [0.2, 0.25) is 5.95 Å². The van der Waals surface area contributed by atoms with E-state index < -0.39 is 0 Å². The monoisotopic (exact) mass is 395 g/mol. The minimum absolute atomic E-state index is 0.230. The van der Waals surface area contributed by atoms with Crippen LogP contribution in [0.2, 0.25) is 0 Å². The second-order valence-corrected chi connectivity index (χ2v) is 6.90. The van der Waals surface area contributed by atoms with Gasteiger partial charge in [0.15, 0.2) is 0 Å². The van der Waals surface area contributed by atoms with Crippen LogP contribution in [0.1, 0.15) is 11.3 Å². The average molecular weight is 395 g/mol. The number of anilines is 2. The van der Waals surface area contributed by atoms with Crippen LogP contribution in [0.5, 0.6) is 5.75 Å². The Kier molecular flexibility index (Phi) is 5.41. The van der Waals surface area contributed by atoms with E-state index in [1.807, 2.05) is 29.2 Å². The SMILES string of the molecule is COc1ccc(Cc2nnc(N3CCN(c4ccc(F)cc4)CC3)[nH]c2=O)cc1. The summed E-state index contributed by atoms with van der Waals surface area (Å²) < 4.78 is 18.2. The van der Waals surface area contributed by atoms with E-state index >= 15 is 0 Å². The molecule has 0 atom stereocenters. The second-order valence-electron chi connectivity index (χ2n) is 6.90. The molecule has 4 rings (SSSR count). The number of hydrogen-bond donors (Lipinski definition) is 1. The normalized spacial score (nSPS) is 14.1. The lowest BCUT2D eigenvalue weighted by molar-refractivity contribution is 0.414. The molecule has 0 radical (unpaired) electrons. The average Bonchev–Trinajstić information content (AvgIpc) is 2.76. The van der Waals surface area contributed by atoms with E-state index in [1.54, 1.807) is 19.2 Å². The minimum atomic E-state index is -0.241. The molecule has 1 aliphatic rings. The van der Waals surface area contributed by atoms with Gasteiger partial charge >= 0.3 is 0 Å². The van der Waals surface area contributed by atoms with Crippen molar-refractivity contribution >= 4 is 11.6 Å². The molecule has 0 saturated carbocycles. The van der Waals surface area contributed by atoms with Crippen molar-refractivity contribution in [2.75, 3.05) is 43.1 Å². The van der Waals surface area contributed by atoms with E-state index in [4.69, 9.17) is 4.74 Å². The van der Waals surface area contributed by atoms with Gasteiger partial charge in [-0.15, -0.1) is 10.2 Å². The molecule has 0 aliphatic carbocycles. The maximum Gasteiger partial charge on any atom is 0.274 e. The molecule has 1 aliphatic heterocycles. The zero-order valence-corrected chi connectivity index (χ0v) is 16.1. The summed E-state index contributed by atoms with van der Waals surface area (Å²) >= 11 is 0. The van der Waals surface area contributed by atoms with E-state index in [-0.39, 0.29) is 11.4 Å². The molecule has 0 spiro atoms. The fourth-order valence-corrected chi connectivity index (χ4v) is 3.37. The molecule has 0 amide bonds. The maximum atomic E-state index is 13.1. The number of nitrogens with one attached hydrogen (secondary N) is 1. The van der Waals surface area contributed by atoms with Crippen molar-refractivity contribution in [1.82, 2.24) is 15.2 Å². The number of rotatable bonds is 5. The molecular weight excluding hydrogens is 373 g/mol. The van der Waals surface area contributed by atoms with Crippen LogP contribution < -0.4 is 20.1 Å². The summed E-state index contributed by atoms with van der Waals surface area (Å²) in [5, 5.41) is 8.39. The lowest BCUT2D eigenvalue weighted by atomic mass is 10.1. The van der Waals surface area contributed by atoms with Gasteiger partial charge in [-0.05, 0) is 42.0 Å². The number of nitrogens with zero attached hydrogens (tertiary/aromatic N) is 4. The van der Waals surface area contributed by atoms with Crippen LogP contribution in [0.4, 0.5) is 16.0 Å². The van der Waals surface area contributed by atoms with Gasteiger partial charge in [0.05, 0.1) is 7.11 Å². The molecule has 29 heavy (non-hydrogen) atoms. The number of hydrogen-bond acceptors (Lipinski definition) is 6. The van der Waals surface area contributed by atoms with E-state index in [0.29, 0.717) is 31.2 Å². The fourth-order valence-electron chi connectivity index (χ4n) is 3.37. The summed E-state index contributed by atoms with van der Waals surface area (Å²) in [6, 6.07) is 14.0. The lowest BCUT2D eigenvalue weighted by Gasteiger charge is -2.36. The van der Waals surface area contributed by atoms with Crippen LogP contribution in [0.15, 0.2) is 53.3 Å². The lowest BCUT2D eigenvalue weighted by Crippen LogP contribution is -2.47. The first kappa shape index (κ1) is 18.9. The maximum absolute atomic E-state index is 13.1. The zero-order chi connectivity index (χ0) is 20.2. The van der Waals surface area contributed by atoms with Crippen LogP contribution in [-0.2, 0) is 6.42 Å². The molecule has 8 heteroatoms. The second kappa shape index (κ2) is 8.30. The van der Waals surface area contributed by atoms with Crippen molar-refractivity contribution in [2.45, 2.75) is 6.42 Å². The van der Waals surface area contributed by atoms with Crippen LogP contribution in [0.25, 0.3) is 0 Å². The number of aromatic amines is 1. The molecule has 0 unspecified atom stereocenters. The Bertz CT molecular complexity index is 1010. The molecule has 1 fully saturated rings. The Morgan fingerprint density at radius 1 is 0.966 bits per heavy atom. The van der Waals surface area contributed by atoms with Gasteiger partial charge in [0, 0.05) is 38.3 Å². The number of ether oxygens (including phenoxy) is 1. The summed E-state index contributed by atoms with van der Waals surface area (Å²) in [6.45, 7) is 2.89. The van der Waals surface area contributed by atoms with Crippen molar-refractivity contribution in [3.63, 3.8) is 0 Å². The quantitative estimate of drug-likeness (QED) is 0.714. The predicted octanol–water partition coefficient (Wildman–Crippen LogP) is 2.23. The third kappa shape index (κ3) is 4.37. The van der Waals surface area contributed by atoms with Crippen molar-refractivity contribution in [2.24, 2.45) is 0 Å². The highest BCUT2D eigenvalue weighted by Gasteiger charge is 2.20. The van der Waals surface area contributed by atoms with E-state index in [9.17, 15) is 9.18 Å². The molecule has 1 N–H and O–H groups in total. The van der Waals surface area contributed by atoms with E-state index in [2.05, 4.69) is 20.1 Å². The number of piperazine rings is 1. The van der Waals surface area contributed by atoms with Gasteiger partial charge in [0.1, 0.15) is 17.3 Å². The summed E-state index contributed by atoms with van der Waals surface area (Å²) in [7, 11) is 1.61. The molecule has 1 aromatic heterocycles. The first-order valence-electron chi connectivity index (χ1n) is 9.46. The first-order valence-corrected chi connectivity index (χ1v) is 9.46. The van der Waals surface area contributed by atoms with Crippen LogP contribution >= 0.6 is 0 Å². The third-order valence-corrected chi connectivity index (χ3v) is 5.05. The van der Waals surface area contributed by atoms with Crippen molar-refractivity contribution in [3.8, 4) is 5.75 Å². The van der Waals surface area contributed by atoms with Crippen LogP contribution in [-0.4, -0.2) is 48.5 Å². The van der Waals surface area contributed by atoms with Gasteiger partial charge in [-0.3, -0.25) is 9.78 Å². The molecule has 7 nitrogen and oxygen atoms in total. The molecular formula is C21H22FN5O2. The van der Waals surface area contributed by atoms with Gasteiger partial charge in [0.25, 0.3) is 5.56 Å². The van der Waals surface area contributed by atoms with Crippen molar-refractivity contribution in [1.29, 1.82) is 0 Å². The molecule has 0 bridgehead atoms. The smallest absolute Gasteiger partial charge is 0.274 e. The zero-order valence-electron chi connectivity index (χ0n) is 16.1. The molecule has 2 heterocycles. The van der Waals surface area contributed by atoms with Gasteiger partial charge in [-0.2, -0.15) is 0 Å². The largest absolute Gasteiger partial charge is 0.497 e. The summed E-state index contributed by atoms with van der Waals surface area (Å²) in [6.07, 6.45) is 0.408. The molecule has 2 aromatic carbocycles. The van der Waals surface area contributed by atoms with E-state index in [0.717, 1.165) is 30.1 Å². The third-order valence-electron chi connectivity index (χ3n) is 5.05. The minimum Gasteiger partial charge on any atom is -0.497 e. The van der Waals surface area contributed by atoms with Gasteiger partial charge in [-0.25, -0.2) is 4.39 Å². The molecule has 150 valence electrons. The van der Waals surface area contributed by atoms with Crippen LogP contribution in [0, 0.1) is 5.82 Å². The Balaban J connectivity index is 1.40. The van der Waals surface area contributed by atoms with Crippen molar-refractivity contribution in [3.05, 3.63) is 76.0 Å². The molecule has 1 saturated heterocycles. The molecule has 3 aromatic rings. The Labute approximate surface area is 167 Å². The highest BCUT2D eigenvalue weighted by Crippen LogP contribution is 2.18. The summed E-state index contributed by atoms with van der Waals surface area (Å²) in [5.41, 5.74) is 2.10. The number of methoxy groups -OCH3 is 1. The van der Waals surface area contributed by atoms with Crippen LogP contribution in [0.3, 0.4) is 0 Å². The van der Waals surface area contributed by atoms with E-state index in [1.165, 1.54) is 12.1 Å². The summed E-state index contributed by atoms with van der Waals surface area (Å²) in [4.78, 5) is 19.5. The first-order chi connectivity index (χ1) is 14.1.